The average molecular weight is 890 g/mol. The summed E-state index contributed by atoms with van der Waals surface area (Å²) in [6.07, 6.45) is 15.2. The van der Waals surface area contributed by atoms with Crippen molar-refractivity contribution in [1.82, 2.24) is 29.6 Å². The highest BCUT2D eigenvalue weighted by Crippen LogP contribution is 2.54. The Kier molecular flexibility index (Phi) is 11.9. The molecule has 2 aliphatic carbocycles. The molecule has 3 N–H and O–H groups in total. The molecule has 2 saturated carbocycles. The first-order valence-corrected chi connectivity index (χ1v) is 24.3. The number of hydrogen-bond acceptors (Lipinski definition) is 12. The van der Waals surface area contributed by atoms with Gasteiger partial charge < -0.3 is 19.9 Å². The standard InChI is InChI=1S/C48H59N9O6S/c1-31(2)37-8-5-6-9-38(37)40-10-7-21-56(40)34-26-48(27-34)18-22-55(23-19-48)42-12-11-39(46(53-42)63-35-24-33-15-20-49-43(33)51-29-35)45(58)54-64(61,62)36-25-41(57(59)60)44(52-30-36)50-28-32-13-16-47(3,4)17-14-32/h5-6,8-9,11-12,15,20,24-25,29-32,34,40H,7,10,13-14,16-19,21-23,26-28H2,1-4H3,(H,49,51)(H,50,52)(H,54,58)/t40-/m1/s1. The van der Waals surface area contributed by atoms with E-state index in [1.165, 1.54) is 49.1 Å². The maximum Gasteiger partial charge on any atom is 0.312 e. The van der Waals surface area contributed by atoms with Crippen LogP contribution < -0.4 is 19.7 Å². The van der Waals surface area contributed by atoms with Crippen molar-refractivity contribution in [3.8, 4) is 11.6 Å². The minimum absolute atomic E-state index is 0.0205. The topological polar surface area (TPSA) is 189 Å². The van der Waals surface area contributed by atoms with Crippen molar-refractivity contribution < 1.29 is 22.9 Å². The summed E-state index contributed by atoms with van der Waals surface area (Å²) in [5.74, 6) is 0.607. The predicted molar refractivity (Wildman–Crippen MR) is 246 cm³/mol. The van der Waals surface area contributed by atoms with Crippen LogP contribution in [-0.2, 0) is 10.0 Å². The first-order chi connectivity index (χ1) is 30.7. The number of piperidine rings is 1. The third kappa shape index (κ3) is 9.03. The summed E-state index contributed by atoms with van der Waals surface area (Å²) in [5, 5.41) is 16.0. The Labute approximate surface area is 375 Å². The Morgan fingerprint density at radius 1 is 0.984 bits per heavy atom. The number of carbonyl (C=O) groups is 1. The van der Waals surface area contributed by atoms with Crippen molar-refractivity contribution in [1.29, 1.82) is 0 Å². The van der Waals surface area contributed by atoms with E-state index in [2.05, 4.69) is 86.8 Å². The van der Waals surface area contributed by atoms with Crippen LogP contribution in [-0.4, -0.2) is 76.3 Å². The second-order valence-electron chi connectivity index (χ2n) is 19.7. The number of hydrogen-bond donors (Lipinski definition) is 3. The van der Waals surface area contributed by atoms with Crippen LogP contribution >= 0.6 is 0 Å². The lowest BCUT2D eigenvalue weighted by molar-refractivity contribution is -0.384. The summed E-state index contributed by atoms with van der Waals surface area (Å²) in [4.78, 5) is 46.3. The fourth-order valence-electron chi connectivity index (χ4n) is 10.6. The molecule has 2 aliphatic heterocycles. The molecule has 9 rings (SSSR count). The van der Waals surface area contributed by atoms with Gasteiger partial charge >= 0.3 is 5.69 Å². The van der Waals surface area contributed by atoms with Crippen LogP contribution in [0.4, 0.5) is 17.3 Å². The number of likely N-dealkylation sites (tertiary alicyclic amines) is 1. The highest BCUT2D eigenvalue weighted by atomic mass is 32.2. The number of nitrogens with zero attached hydrogens (tertiary/aromatic N) is 6. The number of aromatic amines is 1. The van der Waals surface area contributed by atoms with Gasteiger partial charge in [-0.25, -0.2) is 23.1 Å². The number of H-pyrrole nitrogens is 1. The minimum Gasteiger partial charge on any atom is -0.436 e. The molecule has 64 heavy (non-hydrogen) atoms. The molecular weight excluding hydrogens is 831 g/mol. The lowest BCUT2D eigenvalue weighted by Crippen LogP contribution is -2.55. The van der Waals surface area contributed by atoms with Crippen LogP contribution in [0.15, 0.2) is 78.1 Å². The number of amides is 1. The third-order valence-electron chi connectivity index (χ3n) is 14.5. The summed E-state index contributed by atoms with van der Waals surface area (Å²) < 4.78 is 35.7. The number of ether oxygens (including phenoxy) is 1. The zero-order chi connectivity index (χ0) is 44.8. The van der Waals surface area contributed by atoms with Crippen LogP contribution in [0.2, 0.25) is 0 Å². The fourth-order valence-corrected chi connectivity index (χ4v) is 11.6. The van der Waals surface area contributed by atoms with Gasteiger partial charge in [0.15, 0.2) is 0 Å². The highest BCUT2D eigenvalue weighted by Gasteiger charge is 2.50. The van der Waals surface area contributed by atoms with Gasteiger partial charge in [-0.05, 0) is 129 Å². The summed E-state index contributed by atoms with van der Waals surface area (Å²) >= 11 is 0. The lowest BCUT2D eigenvalue weighted by Gasteiger charge is -2.56. The quantitative estimate of drug-likeness (QED) is 0.0751. The molecule has 4 fully saturated rings. The van der Waals surface area contributed by atoms with Gasteiger partial charge in [-0.3, -0.25) is 19.8 Å². The molecule has 1 atom stereocenters. The number of sulfonamides is 1. The first-order valence-electron chi connectivity index (χ1n) is 22.8. The zero-order valence-corrected chi connectivity index (χ0v) is 38.0. The molecule has 6 heterocycles. The van der Waals surface area contributed by atoms with E-state index in [1.54, 1.807) is 18.3 Å². The largest absolute Gasteiger partial charge is 0.436 e. The Morgan fingerprint density at radius 2 is 1.75 bits per heavy atom. The summed E-state index contributed by atoms with van der Waals surface area (Å²) in [5.41, 5.74) is 3.53. The number of benzene rings is 1. The second-order valence-corrected chi connectivity index (χ2v) is 21.3. The number of nitrogens with one attached hydrogen (secondary N) is 3. The van der Waals surface area contributed by atoms with Crippen LogP contribution in [0, 0.1) is 26.9 Å². The van der Waals surface area contributed by atoms with Crippen LogP contribution in [0.3, 0.4) is 0 Å². The molecule has 16 heteroatoms. The maximum atomic E-state index is 13.9. The number of carbonyl (C=O) groups excluding carboxylic acids is 1. The average Bonchev–Trinajstić information content (AvgIpc) is 3.95. The Morgan fingerprint density at radius 3 is 2.50 bits per heavy atom. The molecule has 1 aromatic carbocycles. The van der Waals surface area contributed by atoms with Crippen molar-refractivity contribution in [2.24, 2.45) is 16.7 Å². The molecular formula is C48H59N9O6S. The smallest absolute Gasteiger partial charge is 0.312 e. The molecule has 338 valence electrons. The van der Waals surface area contributed by atoms with Gasteiger partial charge in [-0.1, -0.05) is 52.0 Å². The van der Waals surface area contributed by atoms with E-state index in [4.69, 9.17) is 9.72 Å². The Hall–Kier alpha value is -5.61. The fraction of sp³-hybridized carbons (Fsp3) is 0.500. The van der Waals surface area contributed by atoms with Crippen molar-refractivity contribution in [2.45, 2.75) is 115 Å². The van der Waals surface area contributed by atoms with Crippen molar-refractivity contribution in [3.05, 3.63) is 100.0 Å². The minimum atomic E-state index is -4.62. The van der Waals surface area contributed by atoms with E-state index in [0.717, 1.165) is 75.8 Å². The molecule has 4 aliphatic rings. The number of rotatable bonds is 13. The molecule has 4 aromatic heterocycles. The second kappa shape index (κ2) is 17.4. The number of anilines is 2. The number of fused-ring (bicyclic) bond motifs is 1. The SMILES string of the molecule is CC(C)c1ccccc1[C@H]1CCCN1C1CC2(CCN(c3ccc(C(=O)NS(=O)(=O)c4cnc(NCC5CCC(C)(C)CC5)c([N+](=O)[O-])c4)c(Oc4cnc5[nH]ccc5c4)n3)CC2)C1. The number of pyridine rings is 3. The maximum absolute atomic E-state index is 13.9. The van der Waals surface area contributed by atoms with Crippen LogP contribution in [0.1, 0.15) is 125 Å². The normalized spacial score (nSPS) is 20.4. The lowest BCUT2D eigenvalue weighted by atomic mass is 9.60. The summed E-state index contributed by atoms with van der Waals surface area (Å²) in [6, 6.07) is 17.8. The van der Waals surface area contributed by atoms with Crippen molar-refractivity contribution in [3.63, 3.8) is 0 Å². The summed E-state index contributed by atoms with van der Waals surface area (Å²) in [7, 11) is -4.62. The highest BCUT2D eigenvalue weighted by molar-refractivity contribution is 7.90. The molecule has 0 radical (unpaired) electrons. The summed E-state index contributed by atoms with van der Waals surface area (Å²) in [6.45, 7) is 12.2. The molecule has 0 unspecified atom stereocenters. The van der Waals surface area contributed by atoms with E-state index in [1.807, 2.05) is 6.07 Å². The molecule has 5 aromatic rings. The van der Waals surface area contributed by atoms with E-state index in [0.29, 0.717) is 47.7 Å². The van der Waals surface area contributed by atoms with E-state index in [9.17, 15) is 23.3 Å². The van der Waals surface area contributed by atoms with Gasteiger partial charge in [0, 0.05) is 49.4 Å². The molecule has 1 spiro atoms. The first kappa shape index (κ1) is 43.6. The molecule has 0 bridgehead atoms. The van der Waals surface area contributed by atoms with E-state index in [-0.39, 0.29) is 28.1 Å². The monoisotopic (exact) mass is 889 g/mol. The molecule has 1 amide bonds. The third-order valence-corrected chi connectivity index (χ3v) is 15.8. The van der Waals surface area contributed by atoms with Gasteiger partial charge in [-0.15, -0.1) is 0 Å². The Balaban J connectivity index is 0.895. The van der Waals surface area contributed by atoms with Gasteiger partial charge in [-0.2, -0.15) is 4.98 Å². The van der Waals surface area contributed by atoms with Crippen molar-refractivity contribution >= 4 is 44.3 Å². The number of nitro groups is 1. The molecule has 15 nitrogen and oxygen atoms in total. The van der Waals surface area contributed by atoms with Crippen LogP contribution in [0.25, 0.3) is 11.0 Å². The van der Waals surface area contributed by atoms with Gasteiger partial charge in [0.25, 0.3) is 15.9 Å². The number of aromatic nitrogens is 4. The molecule has 2 saturated heterocycles. The predicted octanol–water partition coefficient (Wildman–Crippen LogP) is 9.51. The van der Waals surface area contributed by atoms with E-state index >= 15 is 0 Å². The van der Waals surface area contributed by atoms with Gasteiger partial charge in [0.1, 0.15) is 27.7 Å². The zero-order valence-electron chi connectivity index (χ0n) is 37.2. The van der Waals surface area contributed by atoms with E-state index < -0.39 is 31.4 Å². The van der Waals surface area contributed by atoms with Crippen LogP contribution in [0.5, 0.6) is 11.6 Å². The van der Waals surface area contributed by atoms with Crippen molar-refractivity contribution in [2.75, 3.05) is 36.4 Å². The van der Waals surface area contributed by atoms with Gasteiger partial charge in [0.2, 0.25) is 11.7 Å². The Bertz CT molecular complexity index is 2640. The van der Waals surface area contributed by atoms with Gasteiger partial charge in [0.05, 0.1) is 17.3 Å².